The molecule has 18 heavy (non-hydrogen) atoms. The third-order valence-electron chi connectivity index (χ3n) is 3.16. The molecule has 0 fully saturated rings. The highest BCUT2D eigenvalue weighted by Gasteiger charge is 2.09. The van der Waals surface area contributed by atoms with Gasteiger partial charge in [-0.3, -0.25) is 0 Å². The van der Waals surface area contributed by atoms with Gasteiger partial charge in [-0.05, 0) is 49.4 Å². The fraction of sp³-hybridized carbons (Fsp3) is 0.625. The average molecular weight is 249 g/mol. The number of hydrogen-bond donors (Lipinski definition) is 1. The van der Waals surface area contributed by atoms with Gasteiger partial charge in [0.2, 0.25) is 0 Å². The monoisotopic (exact) mass is 249 g/mol. The van der Waals surface area contributed by atoms with E-state index in [2.05, 4.69) is 44.3 Å². The molecule has 0 aromatic heterocycles. The first-order valence-electron chi connectivity index (χ1n) is 7.02. The summed E-state index contributed by atoms with van der Waals surface area (Å²) < 4.78 is 5.26. The molecule has 0 spiro atoms. The van der Waals surface area contributed by atoms with E-state index in [4.69, 9.17) is 4.74 Å². The first kappa shape index (κ1) is 15.0. The number of hydrogen-bond acceptors (Lipinski definition) is 2. The molecule has 1 atom stereocenters. The molecule has 1 unspecified atom stereocenters. The standard InChI is InChI=1S/C16H27NO/c1-5-17-15(11-13(2)3)10-9-14-7-6-8-16(12-14)18-4/h6-8,12-13,15,17H,5,9-11H2,1-4H3. The summed E-state index contributed by atoms with van der Waals surface area (Å²) in [5, 5.41) is 3.58. The van der Waals surface area contributed by atoms with E-state index in [1.54, 1.807) is 7.11 Å². The summed E-state index contributed by atoms with van der Waals surface area (Å²) in [6, 6.07) is 9.01. The molecule has 1 N–H and O–H groups in total. The molecule has 2 heteroatoms. The van der Waals surface area contributed by atoms with E-state index in [-0.39, 0.29) is 0 Å². The minimum Gasteiger partial charge on any atom is -0.497 e. The lowest BCUT2D eigenvalue weighted by atomic mass is 9.97. The van der Waals surface area contributed by atoms with Crippen molar-refractivity contribution in [1.29, 1.82) is 0 Å². The lowest BCUT2D eigenvalue weighted by Crippen LogP contribution is -2.30. The van der Waals surface area contributed by atoms with Crippen molar-refractivity contribution < 1.29 is 4.74 Å². The van der Waals surface area contributed by atoms with Crippen molar-refractivity contribution in [2.45, 2.75) is 46.1 Å². The Morgan fingerprint density at radius 2 is 2.06 bits per heavy atom. The highest BCUT2D eigenvalue weighted by molar-refractivity contribution is 5.28. The molecule has 0 radical (unpaired) electrons. The molecule has 1 aromatic rings. The summed E-state index contributed by atoms with van der Waals surface area (Å²) in [5.41, 5.74) is 1.36. The van der Waals surface area contributed by atoms with E-state index >= 15 is 0 Å². The maximum atomic E-state index is 5.26. The molecule has 0 aliphatic carbocycles. The van der Waals surface area contributed by atoms with Crippen molar-refractivity contribution in [3.05, 3.63) is 29.8 Å². The van der Waals surface area contributed by atoms with Crippen LogP contribution in [0.1, 0.15) is 39.2 Å². The average Bonchev–Trinajstić information content (AvgIpc) is 2.36. The SMILES string of the molecule is CCNC(CCc1cccc(OC)c1)CC(C)C. The molecule has 0 saturated heterocycles. The van der Waals surface area contributed by atoms with Gasteiger partial charge in [0.25, 0.3) is 0 Å². The number of ether oxygens (including phenoxy) is 1. The zero-order valence-corrected chi connectivity index (χ0v) is 12.2. The summed E-state index contributed by atoms with van der Waals surface area (Å²) >= 11 is 0. The summed E-state index contributed by atoms with van der Waals surface area (Å²) in [6.07, 6.45) is 3.55. The van der Waals surface area contributed by atoms with Crippen LogP contribution in [0.4, 0.5) is 0 Å². The van der Waals surface area contributed by atoms with Gasteiger partial charge in [-0.15, -0.1) is 0 Å². The largest absolute Gasteiger partial charge is 0.497 e. The predicted octanol–water partition coefficient (Wildman–Crippen LogP) is 3.65. The van der Waals surface area contributed by atoms with Crippen LogP contribution in [-0.4, -0.2) is 19.7 Å². The van der Waals surface area contributed by atoms with Crippen LogP contribution in [0.2, 0.25) is 0 Å². The van der Waals surface area contributed by atoms with E-state index in [0.717, 1.165) is 24.6 Å². The summed E-state index contributed by atoms with van der Waals surface area (Å²) in [4.78, 5) is 0. The van der Waals surface area contributed by atoms with Crippen LogP contribution in [0.3, 0.4) is 0 Å². The van der Waals surface area contributed by atoms with Crippen LogP contribution in [0.5, 0.6) is 5.75 Å². The Morgan fingerprint density at radius 1 is 1.28 bits per heavy atom. The normalized spacial score (nSPS) is 12.7. The second-order valence-electron chi connectivity index (χ2n) is 5.27. The Labute approximate surface area is 112 Å². The molecule has 0 bridgehead atoms. The zero-order valence-electron chi connectivity index (χ0n) is 12.2. The van der Waals surface area contributed by atoms with Gasteiger partial charge in [-0.25, -0.2) is 0 Å². The summed E-state index contributed by atoms with van der Waals surface area (Å²) in [5.74, 6) is 1.70. The second kappa shape index (κ2) is 8.15. The third kappa shape index (κ3) is 5.54. The van der Waals surface area contributed by atoms with E-state index in [0.29, 0.717) is 6.04 Å². The third-order valence-corrected chi connectivity index (χ3v) is 3.16. The van der Waals surface area contributed by atoms with Crippen molar-refractivity contribution in [2.75, 3.05) is 13.7 Å². The Bertz CT molecular complexity index is 336. The minimum absolute atomic E-state index is 0.626. The lowest BCUT2D eigenvalue weighted by molar-refractivity contribution is 0.403. The van der Waals surface area contributed by atoms with Crippen LogP contribution in [0, 0.1) is 5.92 Å². The van der Waals surface area contributed by atoms with Crippen LogP contribution in [-0.2, 0) is 6.42 Å². The maximum absolute atomic E-state index is 5.26. The number of benzene rings is 1. The van der Waals surface area contributed by atoms with Crippen LogP contribution in [0.25, 0.3) is 0 Å². The van der Waals surface area contributed by atoms with Crippen molar-refractivity contribution >= 4 is 0 Å². The molecule has 0 heterocycles. The number of nitrogens with one attached hydrogen (secondary N) is 1. The van der Waals surface area contributed by atoms with Gasteiger partial charge in [0.15, 0.2) is 0 Å². The van der Waals surface area contributed by atoms with E-state index < -0.39 is 0 Å². The molecular weight excluding hydrogens is 222 g/mol. The smallest absolute Gasteiger partial charge is 0.119 e. The predicted molar refractivity (Wildman–Crippen MR) is 78.2 cm³/mol. The molecule has 0 aliphatic heterocycles. The van der Waals surface area contributed by atoms with Crippen molar-refractivity contribution in [3.8, 4) is 5.75 Å². The highest BCUT2D eigenvalue weighted by Crippen LogP contribution is 2.16. The molecule has 1 aromatic carbocycles. The molecule has 0 aliphatic rings. The van der Waals surface area contributed by atoms with Crippen LogP contribution >= 0.6 is 0 Å². The first-order chi connectivity index (χ1) is 8.65. The van der Waals surface area contributed by atoms with Gasteiger partial charge in [-0.1, -0.05) is 32.9 Å². The Morgan fingerprint density at radius 3 is 2.67 bits per heavy atom. The van der Waals surface area contributed by atoms with E-state index in [9.17, 15) is 0 Å². The molecular formula is C16H27NO. The quantitative estimate of drug-likeness (QED) is 0.759. The topological polar surface area (TPSA) is 21.3 Å². The second-order valence-corrected chi connectivity index (χ2v) is 5.27. The van der Waals surface area contributed by atoms with Crippen molar-refractivity contribution in [2.24, 2.45) is 5.92 Å². The first-order valence-corrected chi connectivity index (χ1v) is 7.02. The fourth-order valence-corrected chi connectivity index (χ4v) is 2.33. The molecule has 0 saturated carbocycles. The lowest BCUT2D eigenvalue weighted by Gasteiger charge is -2.20. The summed E-state index contributed by atoms with van der Waals surface area (Å²) in [7, 11) is 1.72. The van der Waals surface area contributed by atoms with E-state index in [1.807, 2.05) is 6.07 Å². The van der Waals surface area contributed by atoms with Crippen LogP contribution < -0.4 is 10.1 Å². The number of aryl methyl sites for hydroxylation is 1. The Kier molecular flexibility index (Phi) is 6.81. The zero-order chi connectivity index (χ0) is 13.4. The van der Waals surface area contributed by atoms with Gasteiger partial charge < -0.3 is 10.1 Å². The molecule has 0 amide bonds. The van der Waals surface area contributed by atoms with E-state index in [1.165, 1.54) is 18.4 Å². The van der Waals surface area contributed by atoms with Gasteiger partial charge >= 0.3 is 0 Å². The molecule has 2 nitrogen and oxygen atoms in total. The minimum atomic E-state index is 0.626. The summed E-state index contributed by atoms with van der Waals surface area (Å²) in [6.45, 7) is 7.81. The fourth-order valence-electron chi connectivity index (χ4n) is 2.33. The Hall–Kier alpha value is -1.02. The van der Waals surface area contributed by atoms with Crippen molar-refractivity contribution in [1.82, 2.24) is 5.32 Å². The highest BCUT2D eigenvalue weighted by atomic mass is 16.5. The van der Waals surface area contributed by atoms with Crippen LogP contribution in [0.15, 0.2) is 24.3 Å². The Balaban J connectivity index is 2.49. The molecule has 1 rings (SSSR count). The molecule has 102 valence electrons. The number of methoxy groups -OCH3 is 1. The van der Waals surface area contributed by atoms with Gasteiger partial charge in [0.1, 0.15) is 5.75 Å². The number of rotatable bonds is 8. The van der Waals surface area contributed by atoms with Gasteiger partial charge in [0.05, 0.1) is 7.11 Å². The van der Waals surface area contributed by atoms with Crippen molar-refractivity contribution in [3.63, 3.8) is 0 Å². The van der Waals surface area contributed by atoms with Gasteiger partial charge in [-0.2, -0.15) is 0 Å². The maximum Gasteiger partial charge on any atom is 0.119 e. The van der Waals surface area contributed by atoms with Gasteiger partial charge in [0, 0.05) is 6.04 Å².